The lowest BCUT2D eigenvalue weighted by atomic mass is 10.0. The van der Waals surface area contributed by atoms with E-state index in [0.717, 1.165) is 26.9 Å². The number of rotatable bonds is 4. The first-order chi connectivity index (χ1) is 12.3. The highest BCUT2D eigenvalue weighted by Gasteiger charge is 2.16. The monoisotopic (exact) mass is 419 g/mol. The average molecular weight is 420 g/mol. The van der Waals surface area contributed by atoms with Gasteiger partial charge in [0.05, 0.1) is 23.5 Å². The molecule has 0 aliphatic heterocycles. The maximum absolute atomic E-state index is 12.8. The van der Waals surface area contributed by atoms with Gasteiger partial charge in [0.25, 0.3) is 5.56 Å². The van der Waals surface area contributed by atoms with Gasteiger partial charge in [-0.2, -0.15) is 5.10 Å². The quantitative estimate of drug-likeness (QED) is 0.701. The van der Waals surface area contributed by atoms with Crippen LogP contribution in [-0.2, 0) is 11.3 Å². The summed E-state index contributed by atoms with van der Waals surface area (Å²) in [5.74, 6) is -1.12. The number of carbonyl (C=O) groups excluding carboxylic acids is 1. The fourth-order valence-corrected chi connectivity index (χ4v) is 2.86. The summed E-state index contributed by atoms with van der Waals surface area (Å²) in [6.45, 7) is 3.62. The van der Waals surface area contributed by atoms with Crippen LogP contribution in [0.2, 0.25) is 0 Å². The van der Waals surface area contributed by atoms with Gasteiger partial charge >= 0.3 is 0 Å². The molecule has 3 aromatic rings. The lowest BCUT2D eigenvalue weighted by molar-refractivity contribution is -0.117. The van der Waals surface area contributed by atoms with Crippen molar-refractivity contribution in [3.63, 3.8) is 0 Å². The fourth-order valence-electron chi connectivity index (χ4n) is 2.49. The van der Waals surface area contributed by atoms with Gasteiger partial charge in [-0.3, -0.25) is 14.9 Å². The Hall–Kier alpha value is -2.68. The molecule has 0 bridgehead atoms. The molecule has 0 spiro atoms. The predicted octanol–water partition coefficient (Wildman–Crippen LogP) is 2.85. The molecule has 3 rings (SSSR count). The van der Waals surface area contributed by atoms with E-state index in [1.807, 2.05) is 19.9 Å². The normalized spacial score (nSPS) is 11.1. The van der Waals surface area contributed by atoms with Crippen LogP contribution in [0.1, 0.15) is 25.5 Å². The Bertz CT molecular complexity index is 1030. The molecule has 0 atom stereocenters. The van der Waals surface area contributed by atoms with E-state index in [2.05, 4.69) is 36.3 Å². The number of halogens is 2. The smallest absolute Gasteiger partial charge is 0.275 e. The minimum Gasteiger partial charge on any atom is -0.293 e. The Morgan fingerprint density at radius 2 is 1.96 bits per heavy atom. The van der Waals surface area contributed by atoms with Gasteiger partial charge in [-0.25, -0.2) is 19.0 Å². The van der Waals surface area contributed by atoms with Gasteiger partial charge in [0.2, 0.25) is 11.9 Å². The van der Waals surface area contributed by atoms with Crippen LogP contribution in [-0.4, -0.2) is 25.7 Å². The molecule has 1 aromatic carbocycles. The van der Waals surface area contributed by atoms with Gasteiger partial charge in [0.1, 0.15) is 6.54 Å². The van der Waals surface area contributed by atoms with Crippen molar-refractivity contribution < 1.29 is 9.18 Å². The van der Waals surface area contributed by atoms with Crippen molar-refractivity contribution in [2.45, 2.75) is 26.3 Å². The number of nitrogens with one attached hydrogen (secondary N) is 1. The van der Waals surface area contributed by atoms with Crippen molar-refractivity contribution in [1.29, 1.82) is 0 Å². The third-order valence-corrected chi connectivity index (χ3v) is 4.16. The molecule has 0 aliphatic carbocycles. The molecular formula is C17H15BrFN5O2. The summed E-state index contributed by atoms with van der Waals surface area (Å²) in [5, 5.41) is 8.01. The number of anilines is 1. The number of carbonyl (C=O) groups is 1. The molecule has 7 nitrogen and oxygen atoms in total. The molecule has 1 amide bonds. The SMILES string of the molecule is CC(C)c1nn(CC(=O)Nc2ncc(F)cn2)c(=O)c2ccc(Br)cc12. The Balaban J connectivity index is 1.95. The van der Waals surface area contributed by atoms with E-state index in [1.165, 1.54) is 0 Å². The topological polar surface area (TPSA) is 89.8 Å². The molecule has 26 heavy (non-hydrogen) atoms. The summed E-state index contributed by atoms with van der Waals surface area (Å²) in [6, 6.07) is 5.31. The first-order valence-corrected chi connectivity index (χ1v) is 8.62. The zero-order valence-electron chi connectivity index (χ0n) is 14.0. The lowest BCUT2D eigenvalue weighted by Gasteiger charge is -2.13. The van der Waals surface area contributed by atoms with Crippen molar-refractivity contribution in [3.05, 3.63) is 56.9 Å². The van der Waals surface area contributed by atoms with Crippen LogP contribution in [0.5, 0.6) is 0 Å². The van der Waals surface area contributed by atoms with Crippen molar-refractivity contribution in [2.75, 3.05) is 5.32 Å². The van der Waals surface area contributed by atoms with Crippen LogP contribution in [0, 0.1) is 5.82 Å². The Morgan fingerprint density at radius 3 is 2.62 bits per heavy atom. The molecule has 0 fully saturated rings. The molecule has 1 N–H and O–H groups in total. The maximum atomic E-state index is 12.8. The van der Waals surface area contributed by atoms with Gasteiger partial charge in [0.15, 0.2) is 5.82 Å². The number of aromatic nitrogens is 4. The summed E-state index contributed by atoms with van der Waals surface area (Å²) < 4.78 is 14.8. The summed E-state index contributed by atoms with van der Waals surface area (Å²) in [7, 11) is 0. The Morgan fingerprint density at radius 1 is 1.27 bits per heavy atom. The average Bonchev–Trinajstić information content (AvgIpc) is 2.59. The molecule has 0 unspecified atom stereocenters. The van der Waals surface area contributed by atoms with Crippen molar-refractivity contribution in [3.8, 4) is 0 Å². The predicted molar refractivity (Wildman–Crippen MR) is 98.4 cm³/mol. The summed E-state index contributed by atoms with van der Waals surface area (Å²) in [6.07, 6.45) is 1.88. The van der Waals surface area contributed by atoms with E-state index >= 15 is 0 Å². The maximum Gasteiger partial charge on any atom is 0.275 e. The van der Waals surface area contributed by atoms with Crippen molar-refractivity contribution >= 4 is 38.6 Å². The Kier molecular flexibility index (Phi) is 5.08. The van der Waals surface area contributed by atoms with Crippen molar-refractivity contribution in [2.24, 2.45) is 0 Å². The van der Waals surface area contributed by atoms with Crippen LogP contribution in [0.25, 0.3) is 10.8 Å². The second-order valence-electron chi connectivity index (χ2n) is 5.97. The molecule has 0 aliphatic rings. The number of fused-ring (bicyclic) bond motifs is 1. The van der Waals surface area contributed by atoms with Crippen LogP contribution < -0.4 is 10.9 Å². The highest BCUT2D eigenvalue weighted by molar-refractivity contribution is 9.10. The largest absolute Gasteiger partial charge is 0.293 e. The van der Waals surface area contributed by atoms with E-state index in [9.17, 15) is 14.0 Å². The van der Waals surface area contributed by atoms with E-state index < -0.39 is 11.7 Å². The summed E-state index contributed by atoms with van der Waals surface area (Å²) in [4.78, 5) is 32.2. The molecule has 134 valence electrons. The first-order valence-electron chi connectivity index (χ1n) is 7.83. The third kappa shape index (κ3) is 3.77. The number of nitrogens with zero attached hydrogens (tertiary/aromatic N) is 4. The van der Waals surface area contributed by atoms with Gasteiger partial charge in [0, 0.05) is 9.86 Å². The van der Waals surface area contributed by atoms with E-state index in [1.54, 1.807) is 12.1 Å². The minimum absolute atomic E-state index is 0.0433. The van der Waals surface area contributed by atoms with E-state index in [0.29, 0.717) is 11.1 Å². The Labute approximate surface area is 156 Å². The van der Waals surface area contributed by atoms with Crippen LogP contribution in [0.3, 0.4) is 0 Å². The van der Waals surface area contributed by atoms with Gasteiger partial charge in [-0.1, -0.05) is 29.8 Å². The second-order valence-corrected chi connectivity index (χ2v) is 6.88. The molecule has 2 heterocycles. The first kappa shape index (κ1) is 18.1. The lowest BCUT2D eigenvalue weighted by Crippen LogP contribution is -2.31. The molecule has 9 heteroatoms. The van der Waals surface area contributed by atoms with Crippen LogP contribution in [0.4, 0.5) is 10.3 Å². The number of amides is 1. The molecule has 2 aromatic heterocycles. The van der Waals surface area contributed by atoms with E-state index in [4.69, 9.17) is 0 Å². The minimum atomic E-state index is -0.608. The molecule has 0 saturated carbocycles. The highest BCUT2D eigenvalue weighted by Crippen LogP contribution is 2.24. The van der Waals surface area contributed by atoms with E-state index in [-0.39, 0.29) is 24.0 Å². The molecule has 0 radical (unpaired) electrons. The molecular weight excluding hydrogens is 405 g/mol. The van der Waals surface area contributed by atoms with Crippen LogP contribution >= 0.6 is 15.9 Å². The zero-order valence-corrected chi connectivity index (χ0v) is 15.6. The second kappa shape index (κ2) is 7.28. The number of benzene rings is 1. The standard InChI is InChI=1S/C17H15BrFN5O2/c1-9(2)15-13-5-10(18)3-4-12(13)16(26)24(23-15)8-14(25)22-17-20-6-11(19)7-21-17/h3-7,9H,8H2,1-2H3,(H,20,21,22,25). The van der Waals surface area contributed by atoms with Gasteiger partial charge < -0.3 is 0 Å². The van der Waals surface area contributed by atoms with Gasteiger partial charge in [-0.15, -0.1) is 0 Å². The summed E-state index contributed by atoms with van der Waals surface area (Å²) >= 11 is 3.40. The zero-order chi connectivity index (χ0) is 18.8. The summed E-state index contributed by atoms with van der Waals surface area (Å²) in [5.41, 5.74) is 0.346. The number of hydrogen-bond donors (Lipinski definition) is 1. The van der Waals surface area contributed by atoms with Crippen molar-refractivity contribution in [1.82, 2.24) is 19.7 Å². The number of hydrogen-bond acceptors (Lipinski definition) is 5. The fraction of sp³-hybridized carbons (Fsp3) is 0.235. The third-order valence-electron chi connectivity index (χ3n) is 3.66. The molecule has 0 saturated heterocycles. The van der Waals surface area contributed by atoms with Crippen LogP contribution in [0.15, 0.2) is 39.9 Å². The highest BCUT2D eigenvalue weighted by atomic mass is 79.9. The van der Waals surface area contributed by atoms with Gasteiger partial charge in [-0.05, 0) is 24.1 Å².